The molecule has 0 saturated carbocycles. The predicted octanol–water partition coefficient (Wildman–Crippen LogP) is 22.4. The largest absolute Gasteiger partial charge is 0.466 e. The summed E-state index contributed by atoms with van der Waals surface area (Å²) in [7, 11) is 0. The molecule has 0 saturated heterocycles. The van der Waals surface area contributed by atoms with Crippen LogP contribution >= 0.6 is 0 Å². The normalized spacial score (nSPS) is 11.6. The van der Waals surface area contributed by atoms with Crippen LogP contribution in [0.4, 0.5) is 0 Å². The molecule has 0 aliphatic rings. The highest BCUT2D eigenvalue weighted by Crippen LogP contribution is 2.19. The lowest BCUT2D eigenvalue weighted by molar-refractivity contribution is -0.143. The highest BCUT2D eigenvalue weighted by molar-refractivity contribution is 5.69. The van der Waals surface area contributed by atoms with Gasteiger partial charge in [0.25, 0.3) is 0 Å². The van der Waals surface area contributed by atoms with Gasteiger partial charge in [-0.25, -0.2) is 0 Å². The maximum Gasteiger partial charge on any atom is 0.305 e. The molecule has 2 nitrogen and oxygen atoms in total. The van der Waals surface area contributed by atoms with E-state index in [1.807, 2.05) is 0 Å². The Morgan fingerprint density at radius 2 is 0.355 bits per heavy atom. The molecular weight excluding hydrogens is 753 g/mol. The zero-order chi connectivity index (χ0) is 44.6. The van der Waals surface area contributed by atoms with E-state index in [1.54, 1.807) is 0 Å². The average Bonchev–Trinajstić information content (AvgIpc) is 3.28. The van der Waals surface area contributed by atoms with Crippen molar-refractivity contribution >= 4 is 5.97 Å². The quantitative estimate of drug-likeness (QED) is 0.0450. The summed E-state index contributed by atoms with van der Waals surface area (Å²) in [6.07, 6.45) is 78.7. The summed E-state index contributed by atoms with van der Waals surface area (Å²) in [5, 5.41) is 0. The Balaban J connectivity index is 3.14. The van der Waals surface area contributed by atoms with Gasteiger partial charge in [0, 0.05) is 6.42 Å². The Labute approximate surface area is 394 Å². The SMILES string of the molecule is CCCCCCCCCCCCCCCCCCCCCCCCCCCCCCCCC(=O)OCCCCCCCCCCCCCCCCCCCCCCCCCCC. The van der Waals surface area contributed by atoms with E-state index in [9.17, 15) is 4.79 Å². The third-order valence-electron chi connectivity index (χ3n) is 14.2. The summed E-state index contributed by atoms with van der Waals surface area (Å²) < 4.78 is 5.52. The molecule has 0 aliphatic heterocycles. The molecular formula is C60H120O2. The van der Waals surface area contributed by atoms with Crippen LogP contribution in [0.25, 0.3) is 0 Å². The first kappa shape index (κ1) is 61.5. The van der Waals surface area contributed by atoms with Gasteiger partial charge in [0.1, 0.15) is 0 Å². The first-order valence-electron chi connectivity index (χ1n) is 30.0. The van der Waals surface area contributed by atoms with Gasteiger partial charge in [-0.2, -0.15) is 0 Å². The first-order valence-corrected chi connectivity index (χ1v) is 30.0. The Hall–Kier alpha value is -0.530. The van der Waals surface area contributed by atoms with E-state index in [4.69, 9.17) is 4.74 Å². The fourth-order valence-electron chi connectivity index (χ4n) is 9.79. The molecule has 0 radical (unpaired) electrons. The molecule has 0 aromatic heterocycles. The minimum atomic E-state index is 0.0366. The van der Waals surface area contributed by atoms with Crippen molar-refractivity contribution in [1.82, 2.24) is 0 Å². The number of unbranched alkanes of at least 4 members (excludes halogenated alkanes) is 53. The maximum atomic E-state index is 12.1. The molecule has 0 atom stereocenters. The van der Waals surface area contributed by atoms with Crippen LogP contribution in [0.2, 0.25) is 0 Å². The molecule has 62 heavy (non-hydrogen) atoms. The van der Waals surface area contributed by atoms with Crippen LogP contribution in [-0.4, -0.2) is 12.6 Å². The second kappa shape index (κ2) is 58.5. The number of rotatable bonds is 57. The van der Waals surface area contributed by atoms with Gasteiger partial charge in [-0.3, -0.25) is 4.79 Å². The number of hydrogen-bond acceptors (Lipinski definition) is 2. The lowest BCUT2D eigenvalue weighted by atomic mass is 10.0. The summed E-state index contributed by atoms with van der Waals surface area (Å²) in [4.78, 5) is 12.1. The van der Waals surface area contributed by atoms with Crippen molar-refractivity contribution in [2.75, 3.05) is 6.61 Å². The fourth-order valence-corrected chi connectivity index (χ4v) is 9.79. The van der Waals surface area contributed by atoms with Gasteiger partial charge >= 0.3 is 5.97 Å². The number of carbonyl (C=O) groups excluding carboxylic acids is 1. The Morgan fingerprint density at radius 3 is 0.532 bits per heavy atom. The molecule has 0 N–H and O–H groups in total. The topological polar surface area (TPSA) is 26.3 Å². The average molecular weight is 874 g/mol. The van der Waals surface area contributed by atoms with Crippen LogP contribution in [0.15, 0.2) is 0 Å². The Kier molecular flexibility index (Phi) is 58.0. The summed E-state index contributed by atoms with van der Waals surface area (Å²) in [5.41, 5.74) is 0. The highest BCUT2D eigenvalue weighted by atomic mass is 16.5. The van der Waals surface area contributed by atoms with Crippen LogP contribution < -0.4 is 0 Å². The van der Waals surface area contributed by atoms with Crippen molar-refractivity contribution in [2.45, 2.75) is 373 Å². The lowest BCUT2D eigenvalue weighted by Gasteiger charge is -2.06. The van der Waals surface area contributed by atoms with Crippen molar-refractivity contribution in [1.29, 1.82) is 0 Å². The predicted molar refractivity (Wildman–Crippen MR) is 281 cm³/mol. The van der Waals surface area contributed by atoms with Crippen LogP contribution in [0.5, 0.6) is 0 Å². The summed E-state index contributed by atoms with van der Waals surface area (Å²) in [6.45, 7) is 5.25. The van der Waals surface area contributed by atoms with E-state index < -0.39 is 0 Å². The minimum absolute atomic E-state index is 0.0366. The standard InChI is InChI=1S/C60H120O2/c1-3-5-7-9-11-13-15-17-19-21-23-25-27-29-30-31-32-33-34-36-38-40-42-44-46-48-50-52-54-56-58-60(61)62-59-57-55-53-51-49-47-45-43-41-39-37-35-28-26-24-22-20-18-16-14-12-10-8-6-4-2/h3-59H2,1-2H3. The molecule has 0 aromatic rings. The van der Waals surface area contributed by atoms with Crippen molar-refractivity contribution in [3.63, 3.8) is 0 Å². The second-order valence-corrected chi connectivity index (χ2v) is 20.7. The van der Waals surface area contributed by atoms with Crippen LogP contribution in [0.1, 0.15) is 373 Å². The van der Waals surface area contributed by atoms with Crippen LogP contribution in [0, 0.1) is 0 Å². The Morgan fingerprint density at radius 1 is 0.210 bits per heavy atom. The van der Waals surface area contributed by atoms with E-state index in [1.165, 1.54) is 340 Å². The van der Waals surface area contributed by atoms with E-state index in [2.05, 4.69) is 13.8 Å². The molecule has 0 amide bonds. The number of esters is 1. The smallest absolute Gasteiger partial charge is 0.305 e. The van der Waals surface area contributed by atoms with E-state index in [-0.39, 0.29) is 5.97 Å². The molecule has 0 spiro atoms. The molecule has 0 aromatic carbocycles. The van der Waals surface area contributed by atoms with Gasteiger partial charge in [0.05, 0.1) is 6.61 Å². The van der Waals surface area contributed by atoms with Gasteiger partial charge < -0.3 is 4.74 Å². The van der Waals surface area contributed by atoms with E-state index in [0.29, 0.717) is 13.0 Å². The van der Waals surface area contributed by atoms with Gasteiger partial charge in [0.2, 0.25) is 0 Å². The van der Waals surface area contributed by atoms with Crippen molar-refractivity contribution in [3.05, 3.63) is 0 Å². The van der Waals surface area contributed by atoms with E-state index in [0.717, 1.165) is 12.8 Å². The molecule has 0 heterocycles. The van der Waals surface area contributed by atoms with Crippen LogP contribution in [-0.2, 0) is 9.53 Å². The number of carbonyl (C=O) groups is 1. The van der Waals surface area contributed by atoms with Gasteiger partial charge in [-0.1, -0.05) is 354 Å². The molecule has 0 unspecified atom stereocenters. The van der Waals surface area contributed by atoms with Gasteiger partial charge in [-0.15, -0.1) is 0 Å². The van der Waals surface area contributed by atoms with Crippen molar-refractivity contribution in [3.8, 4) is 0 Å². The third-order valence-corrected chi connectivity index (χ3v) is 14.2. The second-order valence-electron chi connectivity index (χ2n) is 20.7. The minimum Gasteiger partial charge on any atom is -0.466 e. The van der Waals surface area contributed by atoms with Crippen molar-refractivity contribution < 1.29 is 9.53 Å². The monoisotopic (exact) mass is 873 g/mol. The summed E-state index contributed by atoms with van der Waals surface area (Å²) in [5.74, 6) is 0.0366. The number of hydrogen-bond donors (Lipinski definition) is 0. The fraction of sp³-hybridized carbons (Fsp3) is 0.983. The first-order chi connectivity index (χ1) is 30.8. The zero-order valence-corrected chi connectivity index (χ0v) is 43.6. The molecule has 0 rings (SSSR count). The van der Waals surface area contributed by atoms with Crippen molar-refractivity contribution in [2.24, 2.45) is 0 Å². The highest BCUT2D eigenvalue weighted by Gasteiger charge is 2.03. The molecule has 0 bridgehead atoms. The molecule has 0 aliphatic carbocycles. The zero-order valence-electron chi connectivity index (χ0n) is 43.6. The van der Waals surface area contributed by atoms with Gasteiger partial charge in [-0.05, 0) is 12.8 Å². The molecule has 0 fully saturated rings. The maximum absolute atomic E-state index is 12.1. The van der Waals surface area contributed by atoms with Gasteiger partial charge in [0.15, 0.2) is 0 Å². The number of ether oxygens (including phenoxy) is 1. The molecule has 372 valence electrons. The van der Waals surface area contributed by atoms with E-state index >= 15 is 0 Å². The van der Waals surface area contributed by atoms with Crippen LogP contribution in [0.3, 0.4) is 0 Å². The molecule has 2 heteroatoms. The lowest BCUT2D eigenvalue weighted by Crippen LogP contribution is -2.05. The third kappa shape index (κ3) is 57.5. The summed E-state index contributed by atoms with van der Waals surface area (Å²) in [6, 6.07) is 0. The summed E-state index contributed by atoms with van der Waals surface area (Å²) >= 11 is 0. The Bertz CT molecular complexity index is 777.